The number of alkyl halides is 3. The summed E-state index contributed by atoms with van der Waals surface area (Å²) in [5.41, 5.74) is -0.252. The smallest absolute Gasteiger partial charge is 0.353 e. The van der Waals surface area contributed by atoms with Crippen LogP contribution < -0.4 is 16.2 Å². The van der Waals surface area contributed by atoms with Crippen molar-refractivity contribution >= 4 is 23.5 Å². The van der Waals surface area contributed by atoms with Crippen LogP contribution in [-0.2, 0) is 19.1 Å². The lowest BCUT2D eigenvalue weighted by Crippen LogP contribution is -2.47. The lowest BCUT2D eigenvalue weighted by molar-refractivity contribution is -0.137. The number of anilines is 1. The Bertz CT molecular complexity index is 1170. The van der Waals surface area contributed by atoms with Crippen LogP contribution in [0, 0.1) is 0 Å². The van der Waals surface area contributed by atoms with E-state index in [0.29, 0.717) is 17.2 Å². The highest BCUT2D eigenvalue weighted by atomic mass is 35.5. The molecule has 1 amide bonds. The molecule has 2 aliphatic rings. The number of benzene rings is 1. The zero-order chi connectivity index (χ0) is 25.5. The Morgan fingerprint density at radius 2 is 1.94 bits per heavy atom. The quantitative estimate of drug-likeness (QED) is 0.641. The van der Waals surface area contributed by atoms with Crippen LogP contribution >= 0.6 is 11.6 Å². The molecule has 35 heavy (non-hydrogen) atoms. The second-order valence-corrected chi connectivity index (χ2v) is 9.90. The normalized spacial score (nSPS) is 19.1. The SMILES string of the molecule is CC(C)Nc1nc2c(c(=O)n1C1CCNCC1)C[C@@H](C)N(C(=O)c1ccc(Cl)c(C(F)(F)F)c1)C2. The monoisotopic (exact) mass is 511 g/mol. The standard InChI is InChI=1S/C24H29ClF3N5O2/c1-13(2)30-23-31-20-12-32(21(34)15-4-5-19(25)18(11-15)24(26,27)28)14(3)10-17(20)22(35)33(23)16-6-8-29-9-7-16/h4-5,11,13-14,16,29H,6-10,12H2,1-3H3,(H,30,31)/t14-/m1/s1. The van der Waals surface area contributed by atoms with E-state index in [2.05, 4.69) is 10.6 Å². The predicted octanol–water partition coefficient (Wildman–Crippen LogP) is 4.25. The van der Waals surface area contributed by atoms with E-state index in [1.54, 1.807) is 11.5 Å². The molecule has 1 atom stereocenters. The molecule has 2 aromatic rings. The summed E-state index contributed by atoms with van der Waals surface area (Å²) >= 11 is 5.72. The zero-order valence-corrected chi connectivity index (χ0v) is 20.6. The molecule has 1 aromatic heterocycles. The Morgan fingerprint density at radius 3 is 2.57 bits per heavy atom. The number of carbonyl (C=O) groups excluding carboxylic acids is 1. The molecule has 3 heterocycles. The molecule has 0 aliphatic carbocycles. The lowest BCUT2D eigenvalue weighted by Gasteiger charge is -2.36. The van der Waals surface area contributed by atoms with E-state index >= 15 is 0 Å². The average molecular weight is 512 g/mol. The second-order valence-electron chi connectivity index (χ2n) is 9.49. The van der Waals surface area contributed by atoms with Crippen molar-refractivity contribution < 1.29 is 18.0 Å². The van der Waals surface area contributed by atoms with Crippen LogP contribution in [0.4, 0.5) is 19.1 Å². The number of amides is 1. The molecule has 11 heteroatoms. The Morgan fingerprint density at radius 1 is 1.26 bits per heavy atom. The molecular formula is C24H29ClF3N5O2. The van der Waals surface area contributed by atoms with Gasteiger partial charge in [0.1, 0.15) is 0 Å². The first kappa shape index (κ1) is 25.5. The molecule has 4 rings (SSSR count). The molecule has 0 saturated carbocycles. The van der Waals surface area contributed by atoms with Crippen molar-refractivity contribution in [1.29, 1.82) is 0 Å². The molecule has 0 radical (unpaired) electrons. The van der Waals surface area contributed by atoms with Gasteiger partial charge < -0.3 is 15.5 Å². The van der Waals surface area contributed by atoms with E-state index in [1.807, 2.05) is 13.8 Å². The Hall–Kier alpha value is -2.59. The van der Waals surface area contributed by atoms with Gasteiger partial charge in [-0.1, -0.05) is 11.6 Å². The summed E-state index contributed by atoms with van der Waals surface area (Å²) < 4.78 is 41.7. The third kappa shape index (κ3) is 5.18. The van der Waals surface area contributed by atoms with Gasteiger partial charge in [0.2, 0.25) is 5.95 Å². The van der Waals surface area contributed by atoms with E-state index in [1.165, 1.54) is 11.0 Å². The first-order chi connectivity index (χ1) is 16.5. The number of aromatic nitrogens is 2. The Balaban J connectivity index is 1.71. The molecule has 1 aromatic carbocycles. The van der Waals surface area contributed by atoms with Gasteiger partial charge in [-0.2, -0.15) is 13.2 Å². The minimum Gasteiger partial charge on any atom is -0.353 e. The summed E-state index contributed by atoms with van der Waals surface area (Å²) in [7, 11) is 0. The molecule has 0 bridgehead atoms. The van der Waals surface area contributed by atoms with Gasteiger partial charge in [-0.15, -0.1) is 0 Å². The van der Waals surface area contributed by atoms with Crippen molar-refractivity contribution in [2.75, 3.05) is 18.4 Å². The molecule has 2 aliphatic heterocycles. The van der Waals surface area contributed by atoms with Crippen molar-refractivity contribution in [2.45, 2.75) is 70.9 Å². The maximum Gasteiger partial charge on any atom is 0.417 e. The fourth-order valence-corrected chi connectivity index (χ4v) is 4.97. The summed E-state index contributed by atoms with van der Waals surface area (Å²) in [6.45, 7) is 7.36. The van der Waals surface area contributed by atoms with Crippen LogP contribution in [-0.4, -0.2) is 45.5 Å². The number of hydrogen-bond donors (Lipinski definition) is 2. The molecule has 0 unspecified atom stereocenters. The summed E-state index contributed by atoms with van der Waals surface area (Å²) in [6.07, 6.45) is -2.78. The largest absolute Gasteiger partial charge is 0.417 e. The molecule has 2 N–H and O–H groups in total. The number of piperidine rings is 1. The minimum absolute atomic E-state index is 0.0209. The topological polar surface area (TPSA) is 79.3 Å². The number of halogens is 4. The third-order valence-corrected chi connectivity index (χ3v) is 6.85. The number of nitrogens with one attached hydrogen (secondary N) is 2. The van der Waals surface area contributed by atoms with Gasteiger partial charge in [-0.25, -0.2) is 4.98 Å². The number of fused-ring (bicyclic) bond motifs is 1. The molecule has 0 spiro atoms. The predicted molar refractivity (Wildman–Crippen MR) is 128 cm³/mol. The lowest BCUT2D eigenvalue weighted by atomic mass is 9.97. The molecular weight excluding hydrogens is 483 g/mol. The molecule has 1 fully saturated rings. The highest BCUT2D eigenvalue weighted by Gasteiger charge is 2.36. The second kappa shape index (κ2) is 9.81. The van der Waals surface area contributed by atoms with Crippen LogP contribution in [0.15, 0.2) is 23.0 Å². The summed E-state index contributed by atoms with van der Waals surface area (Å²) in [5, 5.41) is 6.11. The van der Waals surface area contributed by atoms with Crippen molar-refractivity contribution in [3.63, 3.8) is 0 Å². The van der Waals surface area contributed by atoms with Gasteiger partial charge >= 0.3 is 6.18 Å². The number of nitrogens with zero attached hydrogens (tertiary/aromatic N) is 3. The van der Waals surface area contributed by atoms with Crippen LogP contribution in [0.1, 0.15) is 66.8 Å². The fourth-order valence-electron chi connectivity index (χ4n) is 4.75. The average Bonchev–Trinajstić information content (AvgIpc) is 2.79. The van der Waals surface area contributed by atoms with Gasteiger partial charge in [0.15, 0.2) is 0 Å². The van der Waals surface area contributed by atoms with Crippen LogP contribution in [0.3, 0.4) is 0 Å². The third-order valence-electron chi connectivity index (χ3n) is 6.52. The summed E-state index contributed by atoms with van der Waals surface area (Å²) in [5.74, 6) is -0.100. The van der Waals surface area contributed by atoms with E-state index in [0.717, 1.165) is 38.1 Å². The molecule has 1 saturated heterocycles. The van der Waals surface area contributed by atoms with E-state index in [9.17, 15) is 22.8 Å². The first-order valence-electron chi connectivity index (χ1n) is 11.8. The fraction of sp³-hybridized carbons (Fsp3) is 0.542. The van der Waals surface area contributed by atoms with Gasteiger partial charge in [-0.05, 0) is 71.3 Å². The van der Waals surface area contributed by atoms with Crippen LogP contribution in [0.5, 0.6) is 0 Å². The summed E-state index contributed by atoms with van der Waals surface area (Å²) in [6, 6.07) is 2.81. The summed E-state index contributed by atoms with van der Waals surface area (Å²) in [4.78, 5) is 33.1. The highest BCUT2D eigenvalue weighted by molar-refractivity contribution is 6.31. The highest BCUT2D eigenvalue weighted by Crippen LogP contribution is 2.36. The maximum absolute atomic E-state index is 13.6. The van der Waals surface area contributed by atoms with Crippen LogP contribution in [0.25, 0.3) is 0 Å². The van der Waals surface area contributed by atoms with Crippen molar-refractivity contribution in [2.24, 2.45) is 0 Å². The molecule has 7 nitrogen and oxygen atoms in total. The first-order valence-corrected chi connectivity index (χ1v) is 12.1. The zero-order valence-electron chi connectivity index (χ0n) is 19.9. The van der Waals surface area contributed by atoms with Crippen molar-refractivity contribution in [1.82, 2.24) is 19.8 Å². The minimum atomic E-state index is -4.67. The van der Waals surface area contributed by atoms with E-state index in [4.69, 9.17) is 16.6 Å². The van der Waals surface area contributed by atoms with Crippen molar-refractivity contribution in [3.8, 4) is 0 Å². The van der Waals surface area contributed by atoms with Crippen LogP contribution in [0.2, 0.25) is 5.02 Å². The number of rotatable bonds is 4. The van der Waals surface area contributed by atoms with Gasteiger partial charge in [0.05, 0.1) is 22.8 Å². The van der Waals surface area contributed by atoms with Gasteiger partial charge in [-0.3, -0.25) is 14.2 Å². The van der Waals surface area contributed by atoms with E-state index in [-0.39, 0.29) is 42.2 Å². The number of hydrogen-bond acceptors (Lipinski definition) is 5. The van der Waals surface area contributed by atoms with Gasteiger partial charge in [0, 0.05) is 29.3 Å². The van der Waals surface area contributed by atoms with Crippen molar-refractivity contribution in [3.05, 3.63) is 56.0 Å². The Kier molecular flexibility index (Phi) is 7.15. The Labute approximate surface area is 206 Å². The van der Waals surface area contributed by atoms with Gasteiger partial charge in [0.25, 0.3) is 11.5 Å². The number of carbonyl (C=O) groups is 1. The van der Waals surface area contributed by atoms with E-state index < -0.39 is 22.7 Å². The molecule has 190 valence electrons. The maximum atomic E-state index is 13.6.